The van der Waals surface area contributed by atoms with E-state index in [1.54, 1.807) is 31.4 Å². The quantitative estimate of drug-likeness (QED) is 0.211. The number of benzene rings is 3. The van der Waals surface area contributed by atoms with Gasteiger partial charge in [0, 0.05) is 17.7 Å². The van der Waals surface area contributed by atoms with Gasteiger partial charge in [-0.3, -0.25) is 4.79 Å². The zero-order valence-electron chi connectivity index (χ0n) is 20.7. The van der Waals surface area contributed by atoms with Gasteiger partial charge in [0.05, 0.1) is 32.5 Å². The lowest BCUT2D eigenvalue weighted by molar-refractivity contribution is 0.104. The van der Waals surface area contributed by atoms with Crippen LogP contribution in [-0.2, 0) is 6.61 Å². The predicted octanol–water partition coefficient (Wildman–Crippen LogP) is 6.37. The first-order chi connectivity index (χ1) is 17.1. The van der Waals surface area contributed by atoms with E-state index in [2.05, 4.69) is 0 Å². The van der Waals surface area contributed by atoms with Crippen molar-refractivity contribution in [2.45, 2.75) is 27.4 Å². The Balaban J connectivity index is 1.75. The van der Waals surface area contributed by atoms with Gasteiger partial charge in [0.2, 0.25) is 0 Å². The van der Waals surface area contributed by atoms with Crippen LogP contribution >= 0.6 is 0 Å². The van der Waals surface area contributed by atoms with E-state index in [0.29, 0.717) is 55.0 Å². The van der Waals surface area contributed by atoms with E-state index in [4.69, 9.17) is 23.7 Å². The van der Waals surface area contributed by atoms with Gasteiger partial charge in [0.25, 0.3) is 0 Å². The molecule has 0 aliphatic carbocycles. The van der Waals surface area contributed by atoms with Crippen LogP contribution in [0.15, 0.2) is 66.7 Å². The maximum absolute atomic E-state index is 12.9. The van der Waals surface area contributed by atoms with Gasteiger partial charge in [-0.1, -0.05) is 12.1 Å². The number of hydrogen-bond acceptors (Lipinski definition) is 6. The molecule has 0 atom stereocenters. The second kappa shape index (κ2) is 13.1. The van der Waals surface area contributed by atoms with Gasteiger partial charge in [-0.05, 0) is 74.9 Å². The fourth-order valence-electron chi connectivity index (χ4n) is 3.40. The molecule has 6 nitrogen and oxygen atoms in total. The number of ether oxygens (including phenoxy) is 5. The minimum absolute atomic E-state index is 0.168. The Bertz CT molecular complexity index is 1130. The molecule has 0 radical (unpaired) electrons. The fraction of sp³-hybridized carbons (Fsp3) is 0.276. The maximum Gasteiger partial charge on any atom is 0.189 e. The van der Waals surface area contributed by atoms with E-state index in [-0.39, 0.29) is 5.78 Å². The van der Waals surface area contributed by atoms with Crippen molar-refractivity contribution in [2.75, 3.05) is 26.9 Å². The second-order valence-electron chi connectivity index (χ2n) is 7.49. The lowest BCUT2D eigenvalue weighted by atomic mass is 10.1. The lowest BCUT2D eigenvalue weighted by Gasteiger charge is -2.12. The molecule has 35 heavy (non-hydrogen) atoms. The van der Waals surface area contributed by atoms with Crippen molar-refractivity contribution in [3.63, 3.8) is 0 Å². The summed E-state index contributed by atoms with van der Waals surface area (Å²) in [4.78, 5) is 12.9. The van der Waals surface area contributed by atoms with Crippen molar-refractivity contribution in [1.82, 2.24) is 0 Å². The molecular weight excluding hydrogens is 444 g/mol. The third-order valence-corrected chi connectivity index (χ3v) is 5.09. The maximum atomic E-state index is 12.9. The van der Waals surface area contributed by atoms with E-state index in [1.807, 2.05) is 63.2 Å². The molecule has 0 aliphatic rings. The molecule has 0 unspecified atom stereocenters. The van der Waals surface area contributed by atoms with Crippen LogP contribution in [0, 0.1) is 0 Å². The van der Waals surface area contributed by atoms with Crippen LogP contribution in [0.1, 0.15) is 42.3 Å². The minimum Gasteiger partial charge on any atom is -0.497 e. The molecule has 0 saturated heterocycles. The van der Waals surface area contributed by atoms with E-state index >= 15 is 0 Å². The van der Waals surface area contributed by atoms with Crippen molar-refractivity contribution in [1.29, 1.82) is 0 Å². The standard InChI is InChI=1S/C29H32O6/c1-5-32-24-15-16-26(29(19-24)34-7-3)27(30)17-11-22-10-14-25(18-28(22)33-6-2)35-20-21-8-12-23(31-4)13-9-21/h8-19H,5-7,20H2,1-4H3. The molecule has 0 bridgehead atoms. The van der Waals surface area contributed by atoms with Crippen molar-refractivity contribution in [3.05, 3.63) is 83.4 Å². The van der Waals surface area contributed by atoms with Crippen molar-refractivity contribution in [3.8, 4) is 28.7 Å². The average molecular weight is 477 g/mol. The highest BCUT2D eigenvalue weighted by atomic mass is 16.5. The van der Waals surface area contributed by atoms with Crippen LogP contribution in [0.2, 0.25) is 0 Å². The number of rotatable bonds is 13. The highest BCUT2D eigenvalue weighted by molar-refractivity contribution is 6.08. The fourth-order valence-corrected chi connectivity index (χ4v) is 3.40. The van der Waals surface area contributed by atoms with E-state index in [1.165, 1.54) is 6.08 Å². The summed E-state index contributed by atoms with van der Waals surface area (Å²) >= 11 is 0. The summed E-state index contributed by atoms with van der Waals surface area (Å²) in [6.07, 6.45) is 3.26. The minimum atomic E-state index is -0.168. The number of carbonyl (C=O) groups excluding carboxylic acids is 1. The van der Waals surface area contributed by atoms with Crippen LogP contribution in [0.5, 0.6) is 28.7 Å². The molecule has 0 heterocycles. The molecule has 0 fully saturated rings. The van der Waals surface area contributed by atoms with Gasteiger partial charge in [-0.25, -0.2) is 0 Å². The monoisotopic (exact) mass is 476 g/mol. The SMILES string of the molecule is CCOc1ccc(C(=O)C=Cc2ccc(OCc3ccc(OC)cc3)cc2OCC)c(OCC)c1. The Morgan fingerprint density at radius 1 is 0.714 bits per heavy atom. The summed E-state index contributed by atoms with van der Waals surface area (Å²) in [6.45, 7) is 7.60. The van der Waals surface area contributed by atoms with Crippen LogP contribution in [-0.4, -0.2) is 32.7 Å². The summed E-state index contributed by atoms with van der Waals surface area (Å²) in [5, 5.41) is 0. The van der Waals surface area contributed by atoms with E-state index in [9.17, 15) is 4.79 Å². The van der Waals surface area contributed by atoms with Gasteiger partial charge in [0.15, 0.2) is 5.78 Å². The lowest BCUT2D eigenvalue weighted by Crippen LogP contribution is -2.03. The zero-order valence-corrected chi connectivity index (χ0v) is 20.7. The zero-order chi connectivity index (χ0) is 25.0. The first kappa shape index (κ1) is 25.7. The van der Waals surface area contributed by atoms with Gasteiger partial charge < -0.3 is 23.7 Å². The number of carbonyl (C=O) groups is 1. The molecule has 0 aromatic heterocycles. The van der Waals surface area contributed by atoms with Crippen LogP contribution in [0.3, 0.4) is 0 Å². The predicted molar refractivity (Wildman–Crippen MR) is 137 cm³/mol. The molecule has 184 valence electrons. The van der Waals surface area contributed by atoms with Crippen molar-refractivity contribution < 1.29 is 28.5 Å². The molecular formula is C29H32O6. The molecule has 0 aliphatic heterocycles. The van der Waals surface area contributed by atoms with E-state index < -0.39 is 0 Å². The summed E-state index contributed by atoms with van der Waals surface area (Å²) in [6, 6.07) is 18.5. The summed E-state index contributed by atoms with van der Waals surface area (Å²) in [7, 11) is 1.64. The van der Waals surface area contributed by atoms with Gasteiger partial charge in [0.1, 0.15) is 35.4 Å². The highest BCUT2D eigenvalue weighted by Gasteiger charge is 2.12. The second-order valence-corrected chi connectivity index (χ2v) is 7.49. The Kier molecular flexibility index (Phi) is 9.60. The summed E-state index contributed by atoms with van der Waals surface area (Å²) in [5.41, 5.74) is 2.28. The van der Waals surface area contributed by atoms with Gasteiger partial charge in [-0.2, -0.15) is 0 Å². The van der Waals surface area contributed by atoms with Crippen LogP contribution in [0.4, 0.5) is 0 Å². The number of allylic oxidation sites excluding steroid dienone is 1. The Labute approximate surface area is 207 Å². The number of ketones is 1. The summed E-state index contributed by atoms with van der Waals surface area (Å²) < 4.78 is 28.1. The smallest absolute Gasteiger partial charge is 0.189 e. The average Bonchev–Trinajstić information content (AvgIpc) is 2.88. The van der Waals surface area contributed by atoms with E-state index in [0.717, 1.165) is 16.9 Å². The molecule has 3 aromatic rings. The molecule has 3 aromatic carbocycles. The molecule has 0 amide bonds. The van der Waals surface area contributed by atoms with Gasteiger partial charge in [-0.15, -0.1) is 0 Å². The Hall–Kier alpha value is -3.93. The first-order valence-corrected chi connectivity index (χ1v) is 11.7. The third-order valence-electron chi connectivity index (χ3n) is 5.09. The molecule has 0 N–H and O–H groups in total. The van der Waals surface area contributed by atoms with Crippen LogP contribution in [0.25, 0.3) is 6.08 Å². The molecule has 3 rings (SSSR count). The third kappa shape index (κ3) is 7.27. The molecule has 6 heteroatoms. The summed E-state index contributed by atoms with van der Waals surface area (Å²) in [5.74, 6) is 3.12. The van der Waals surface area contributed by atoms with Crippen LogP contribution < -0.4 is 23.7 Å². The van der Waals surface area contributed by atoms with Gasteiger partial charge >= 0.3 is 0 Å². The topological polar surface area (TPSA) is 63.2 Å². The first-order valence-electron chi connectivity index (χ1n) is 11.7. The number of methoxy groups -OCH3 is 1. The van der Waals surface area contributed by atoms with Crippen molar-refractivity contribution >= 4 is 11.9 Å². The normalized spacial score (nSPS) is 10.7. The largest absolute Gasteiger partial charge is 0.497 e. The highest BCUT2D eigenvalue weighted by Crippen LogP contribution is 2.29. The Morgan fingerprint density at radius 2 is 1.31 bits per heavy atom. The number of hydrogen-bond donors (Lipinski definition) is 0. The Morgan fingerprint density at radius 3 is 2.00 bits per heavy atom. The molecule has 0 saturated carbocycles. The van der Waals surface area contributed by atoms with Crippen molar-refractivity contribution in [2.24, 2.45) is 0 Å². The molecule has 0 spiro atoms.